The van der Waals surface area contributed by atoms with Crippen LogP contribution in [-0.2, 0) is 31.2 Å². The molecule has 106 valence electrons. The summed E-state index contributed by atoms with van der Waals surface area (Å²) in [5, 5.41) is 0. The molecule has 0 bridgehead atoms. The van der Waals surface area contributed by atoms with Crippen LogP contribution in [0.4, 0.5) is 0 Å². The van der Waals surface area contributed by atoms with Crippen molar-refractivity contribution >= 4 is 11.9 Å². The van der Waals surface area contributed by atoms with Gasteiger partial charge in [-0.2, -0.15) is 0 Å². The van der Waals surface area contributed by atoms with Gasteiger partial charge in [-0.1, -0.05) is 0 Å². The van der Waals surface area contributed by atoms with Crippen LogP contribution in [0.15, 0.2) is 6.20 Å². The Balaban J connectivity index is 3.28. The van der Waals surface area contributed by atoms with Crippen LogP contribution >= 0.6 is 0 Å². The highest BCUT2D eigenvalue weighted by Gasteiger charge is 2.36. The fourth-order valence-corrected chi connectivity index (χ4v) is 1.70. The minimum Gasteiger partial charge on any atom is -0.468 e. The van der Waals surface area contributed by atoms with Crippen molar-refractivity contribution < 1.29 is 23.8 Å². The molecule has 0 aliphatic rings. The zero-order valence-corrected chi connectivity index (χ0v) is 11.7. The van der Waals surface area contributed by atoms with Gasteiger partial charge in [0.05, 0.1) is 14.2 Å². The fraction of sp³-hybridized carbons (Fsp3) is 0.583. The van der Waals surface area contributed by atoms with Crippen molar-refractivity contribution in [1.29, 1.82) is 0 Å². The van der Waals surface area contributed by atoms with Crippen molar-refractivity contribution in [1.82, 2.24) is 9.55 Å². The van der Waals surface area contributed by atoms with Gasteiger partial charge in [-0.15, -0.1) is 0 Å². The van der Waals surface area contributed by atoms with Crippen molar-refractivity contribution in [2.75, 3.05) is 21.3 Å². The van der Waals surface area contributed by atoms with Gasteiger partial charge in [-0.3, -0.25) is 4.79 Å². The average Bonchev–Trinajstić information content (AvgIpc) is 2.81. The maximum atomic E-state index is 11.8. The van der Waals surface area contributed by atoms with E-state index in [0.29, 0.717) is 5.82 Å². The summed E-state index contributed by atoms with van der Waals surface area (Å²) in [5.74, 6) is -0.648. The topological polar surface area (TPSA) is 79.7 Å². The largest absolute Gasteiger partial charge is 0.468 e. The third-order valence-electron chi connectivity index (χ3n) is 2.69. The van der Waals surface area contributed by atoms with Crippen molar-refractivity contribution in [3.8, 4) is 0 Å². The summed E-state index contributed by atoms with van der Waals surface area (Å²) in [4.78, 5) is 27.4. The lowest BCUT2D eigenvalue weighted by molar-refractivity contribution is -0.146. The quantitative estimate of drug-likeness (QED) is 0.734. The Morgan fingerprint density at radius 1 is 1.26 bits per heavy atom. The fourth-order valence-electron chi connectivity index (χ4n) is 1.70. The summed E-state index contributed by atoms with van der Waals surface area (Å²) in [7, 11) is 4.07. The van der Waals surface area contributed by atoms with Gasteiger partial charge in [-0.25, -0.2) is 9.78 Å². The first-order chi connectivity index (χ1) is 8.88. The molecule has 0 radical (unpaired) electrons. The molecule has 0 aliphatic carbocycles. The van der Waals surface area contributed by atoms with E-state index in [4.69, 9.17) is 9.47 Å². The first kappa shape index (κ1) is 15.2. The molecule has 0 spiro atoms. The molecule has 0 saturated carbocycles. The third-order valence-corrected chi connectivity index (χ3v) is 2.69. The number of esters is 2. The summed E-state index contributed by atoms with van der Waals surface area (Å²) in [6.45, 7) is 3.49. The normalized spacial score (nSPS) is 11.2. The van der Waals surface area contributed by atoms with E-state index in [0.717, 1.165) is 0 Å². The molecule has 1 rings (SSSR count). The van der Waals surface area contributed by atoms with Gasteiger partial charge >= 0.3 is 11.9 Å². The number of hydrogen-bond acceptors (Lipinski definition) is 6. The second-order valence-electron chi connectivity index (χ2n) is 4.45. The molecule has 0 N–H and O–H groups in total. The van der Waals surface area contributed by atoms with Crippen LogP contribution in [0.2, 0.25) is 0 Å². The van der Waals surface area contributed by atoms with Crippen molar-refractivity contribution in [3.05, 3.63) is 17.7 Å². The summed E-state index contributed by atoms with van der Waals surface area (Å²) in [6.07, 6.45) is 1.48. The predicted molar refractivity (Wildman–Crippen MR) is 65.6 cm³/mol. The van der Waals surface area contributed by atoms with E-state index in [2.05, 4.69) is 9.72 Å². The van der Waals surface area contributed by atoms with Crippen LogP contribution in [0.25, 0.3) is 0 Å². The van der Waals surface area contributed by atoms with Crippen LogP contribution < -0.4 is 0 Å². The standard InChI is InChI=1S/C12H18N2O5/c1-12(2,11(16)19-5)10-13-8(9(15)18-4)6-14(10)7-17-3/h6H,7H2,1-5H3. The van der Waals surface area contributed by atoms with E-state index in [1.54, 1.807) is 18.4 Å². The monoisotopic (exact) mass is 270 g/mol. The number of ether oxygens (including phenoxy) is 3. The zero-order chi connectivity index (χ0) is 14.6. The summed E-state index contributed by atoms with van der Waals surface area (Å²) >= 11 is 0. The Labute approximate surface area is 111 Å². The van der Waals surface area contributed by atoms with Gasteiger partial charge < -0.3 is 18.8 Å². The SMILES string of the molecule is COCn1cc(C(=O)OC)nc1C(C)(C)C(=O)OC. The number of imidazole rings is 1. The van der Waals surface area contributed by atoms with Gasteiger partial charge in [0.25, 0.3) is 0 Å². The molecule has 1 aromatic heterocycles. The Hall–Kier alpha value is -1.89. The number of rotatable bonds is 5. The zero-order valence-electron chi connectivity index (χ0n) is 11.7. The molecule has 7 heteroatoms. The third kappa shape index (κ3) is 2.93. The molecule has 19 heavy (non-hydrogen) atoms. The first-order valence-corrected chi connectivity index (χ1v) is 5.61. The van der Waals surface area contributed by atoms with E-state index in [1.807, 2.05) is 0 Å². The van der Waals surface area contributed by atoms with E-state index >= 15 is 0 Å². The second kappa shape index (κ2) is 5.83. The molecule has 0 atom stereocenters. The molecule has 1 heterocycles. The van der Waals surface area contributed by atoms with E-state index in [-0.39, 0.29) is 12.4 Å². The number of aromatic nitrogens is 2. The lowest BCUT2D eigenvalue weighted by atomic mass is 9.92. The number of hydrogen-bond donors (Lipinski definition) is 0. The molecular formula is C12H18N2O5. The molecule has 0 amide bonds. The minimum absolute atomic E-state index is 0.117. The predicted octanol–water partition coefficient (Wildman–Crippen LogP) is 0.724. The molecule has 1 aromatic rings. The van der Waals surface area contributed by atoms with Crippen molar-refractivity contribution in [2.45, 2.75) is 26.0 Å². The molecule has 0 aliphatic heterocycles. The van der Waals surface area contributed by atoms with Crippen molar-refractivity contribution in [3.63, 3.8) is 0 Å². The van der Waals surface area contributed by atoms with E-state index in [9.17, 15) is 9.59 Å². The molecular weight excluding hydrogens is 252 g/mol. The van der Waals surface area contributed by atoms with Gasteiger partial charge in [0.1, 0.15) is 18.0 Å². The lowest BCUT2D eigenvalue weighted by Gasteiger charge is -2.21. The van der Waals surface area contributed by atoms with Gasteiger partial charge in [0, 0.05) is 13.3 Å². The smallest absolute Gasteiger partial charge is 0.358 e. The average molecular weight is 270 g/mol. The van der Waals surface area contributed by atoms with E-state index < -0.39 is 17.4 Å². The molecule has 0 aromatic carbocycles. The Morgan fingerprint density at radius 2 is 1.89 bits per heavy atom. The van der Waals surface area contributed by atoms with Crippen LogP contribution in [0.5, 0.6) is 0 Å². The lowest BCUT2D eigenvalue weighted by Crippen LogP contribution is -2.33. The van der Waals surface area contributed by atoms with Gasteiger partial charge in [0.2, 0.25) is 0 Å². The molecule has 0 saturated heterocycles. The number of carbonyl (C=O) groups is 2. The number of carbonyl (C=O) groups excluding carboxylic acids is 2. The first-order valence-electron chi connectivity index (χ1n) is 5.61. The summed E-state index contributed by atoms with van der Waals surface area (Å²) < 4.78 is 16.0. The number of methoxy groups -OCH3 is 3. The highest BCUT2D eigenvalue weighted by Crippen LogP contribution is 2.24. The highest BCUT2D eigenvalue weighted by atomic mass is 16.5. The van der Waals surface area contributed by atoms with Crippen LogP contribution in [-0.4, -0.2) is 42.8 Å². The summed E-state index contributed by atoms with van der Waals surface area (Å²) in [5.41, 5.74) is -0.883. The van der Waals surface area contributed by atoms with Gasteiger partial charge in [-0.05, 0) is 13.8 Å². The minimum atomic E-state index is -1.00. The highest BCUT2D eigenvalue weighted by molar-refractivity contribution is 5.87. The Bertz CT molecular complexity index is 478. The number of nitrogens with zero attached hydrogens (tertiary/aromatic N) is 2. The Kier molecular flexibility index (Phi) is 4.66. The van der Waals surface area contributed by atoms with E-state index in [1.165, 1.54) is 27.5 Å². The summed E-state index contributed by atoms with van der Waals surface area (Å²) in [6, 6.07) is 0. The maximum absolute atomic E-state index is 11.8. The van der Waals surface area contributed by atoms with Crippen LogP contribution in [0.1, 0.15) is 30.2 Å². The molecule has 7 nitrogen and oxygen atoms in total. The Morgan fingerprint density at radius 3 is 2.37 bits per heavy atom. The molecule has 0 unspecified atom stereocenters. The van der Waals surface area contributed by atoms with Crippen LogP contribution in [0.3, 0.4) is 0 Å². The second-order valence-corrected chi connectivity index (χ2v) is 4.45. The van der Waals surface area contributed by atoms with Crippen LogP contribution in [0, 0.1) is 0 Å². The van der Waals surface area contributed by atoms with Crippen molar-refractivity contribution in [2.24, 2.45) is 0 Å². The molecule has 0 fully saturated rings. The van der Waals surface area contributed by atoms with Gasteiger partial charge in [0.15, 0.2) is 5.69 Å². The maximum Gasteiger partial charge on any atom is 0.358 e.